The number of aryl methyl sites for hydroxylation is 2. The van der Waals surface area contributed by atoms with Crippen LogP contribution in [0, 0.1) is 13.8 Å². The van der Waals surface area contributed by atoms with Crippen LogP contribution in [0.4, 0.5) is 17.2 Å². The van der Waals surface area contributed by atoms with Crippen molar-refractivity contribution in [3.63, 3.8) is 0 Å². The quantitative estimate of drug-likeness (QED) is 0.182. The van der Waals surface area contributed by atoms with Gasteiger partial charge in [0.25, 0.3) is 11.8 Å². The number of piperidine rings is 1. The summed E-state index contributed by atoms with van der Waals surface area (Å²) in [6, 6.07) is 19.5. The highest BCUT2D eigenvalue weighted by Gasteiger charge is 2.19. The number of aromatic nitrogens is 2. The van der Waals surface area contributed by atoms with Gasteiger partial charge in [-0.15, -0.1) is 0 Å². The number of hydrogen-bond acceptors (Lipinski definition) is 6. The average molecular weight is 594 g/mol. The molecule has 0 spiro atoms. The Morgan fingerprint density at radius 3 is 2.44 bits per heavy atom. The van der Waals surface area contributed by atoms with Crippen LogP contribution in [0.1, 0.15) is 70.0 Å². The molecule has 5 rings (SSSR count). The second-order valence-corrected chi connectivity index (χ2v) is 12.1. The van der Waals surface area contributed by atoms with Gasteiger partial charge in [-0.25, -0.2) is 4.98 Å². The van der Waals surface area contributed by atoms with Crippen molar-refractivity contribution in [3.8, 4) is 11.3 Å². The number of rotatable bonds is 10. The molecule has 0 saturated carbocycles. The minimum atomic E-state index is -0.355. The summed E-state index contributed by atoms with van der Waals surface area (Å²) in [5.74, 6) is 1.68. The first-order valence-electron chi connectivity index (χ1n) is 15.0. The van der Waals surface area contributed by atoms with Gasteiger partial charge in [0.2, 0.25) is 0 Å². The molecule has 222 valence electrons. The first-order valence-corrected chi connectivity index (χ1v) is 16.1. The van der Waals surface area contributed by atoms with E-state index in [9.17, 15) is 9.59 Å². The summed E-state index contributed by atoms with van der Waals surface area (Å²) < 4.78 is 0. The molecular weight excluding hydrogens is 554 g/mol. The molecule has 1 aromatic heterocycles. The van der Waals surface area contributed by atoms with Crippen LogP contribution < -0.4 is 15.5 Å². The molecule has 1 aliphatic heterocycles. The maximum atomic E-state index is 13.7. The van der Waals surface area contributed by atoms with E-state index in [1.165, 1.54) is 17.5 Å². The molecule has 0 atom stereocenters. The lowest BCUT2D eigenvalue weighted by Crippen LogP contribution is -2.29. The molecule has 1 fully saturated rings. The number of benzene rings is 3. The van der Waals surface area contributed by atoms with Gasteiger partial charge in [-0.2, -0.15) is 11.8 Å². The van der Waals surface area contributed by atoms with E-state index in [2.05, 4.69) is 58.4 Å². The molecule has 2 amide bonds. The highest BCUT2D eigenvalue weighted by Crippen LogP contribution is 2.28. The zero-order valence-electron chi connectivity index (χ0n) is 25.2. The van der Waals surface area contributed by atoms with Crippen LogP contribution in [-0.4, -0.2) is 40.6 Å². The SMILES string of the molecule is CCCSCc1cccc(C(=O)Nc2ccc(N3CCCCC3)cc2C(=O)Nc2cnc(-c3ccc(C)c(C)c3)cn2)c1. The highest BCUT2D eigenvalue weighted by atomic mass is 32.2. The maximum Gasteiger partial charge on any atom is 0.259 e. The lowest BCUT2D eigenvalue weighted by Gasteiger charge is -2.29. The van der Waals surface area contributed by atoms with Crippen molar-refractivity contribution in [2.75, 3.05) is 34.4 Å². The fourth-order valence-corrected chi connectivity index (χ4v) is 5.98. The second-order valence-electron chi connectivity index (χ2n) is 11.0. The molecule has 1 aliphatic rings. The van der Waals surface area contributed by atoms with Gasteiger partial charge in [0.15, 0.2) is 5.82 Å². The molecule has 43 heavy (non-hydrogen) atoms. The van der Waals surface area contributed by atoms with Crippen molar-refractivity contribution in [1.29, 1.82) is 0 Å². The van der Waals surface area contributed by atoms with E-state index in [0.29, 0.717) is 22.6 Å². The molecular formula is C35H39N5O2S. The van der Waals surface area contributed by atoms with Crippen LogP contribution in [0.2, 0.25) is 0 Å². The summed E-state index contributed by atoms with van der Waals surface area (Å²) in [6.45, 7) is 8.20. The van der Waals surface area contributed by atoms with E-state index < -0.39 is 0 Å². The van der Waals surface area contributed by atoms with Crippen LogP contribution in [-0.2, 0) is 5.75 Å². The smallest absolute Gasteiger partial charge is 0.259 e. The van der Waals surface area contributed by atoms with Crippen LogP contribution in [0.5, 0.6) is 0 Å². The minimum Gasteiger partial charge on any atom is -0.372 e. The normalized spacial score (nSPS) is 13.0. The van der Waals surface area contributed by atoms with Gasteiger partial charge in [-0.1, -0.05) is 31.2 Å². The Morgan fingerprint density at radius 2 is 1.70 bits per heavy atom. The first kappa shape index (κ1) is 30.3. The molecule has 4 aromatic rings. The monoisotopic (exact) mass is 593 g/mol. The molecule has 1 saturated heterocycles. The number of carbonyl (C=O) groups is 2. The van der Waals surface area contributed by atoms with Gasteiger partial charge in [-0.3, -0.25) is 14.6 Å². The zero-order valence-corrected chi connectivity index (χ0v) is 26.0. The van der Waals surface area contributed by atoms with E-state index in [1.807, 2.05) is 54.2 Å². The Hall–Kier alpha value is -4.17. The van der Waals surface area contributed by atoms with Crippen molar-refractivity contribution in [3.05, 3.63) is 101 Å². The summed E-state index contributed by atoms with van der Waals surface area (Å²) in [7, 11) is 0. The number of carbonyl (C=O) groups excluding carboxylic acids is 2. The van der Waals surface area contributed by atoms with Gasteiger partial charge >= 0.3 is 0 Å². The molecule has 0 unspecified atom stereocenters. The number of amides is 2. The van der Waals surface area contributed by atoms with E-state index >= 15 is 0 Å². The molecule has 0 aliphatic carbocycles. The van der Waals surface area contributed by atoms with Gasteiger partial charge in [0.1, 0.15) is 0 Å². The van der Waals surface area contributed by atoms with Crippen molar-refractivity contribution in [2.45, 2.75) is 52.2 Å². The Labute approximate surface area is 258 Å². The fraction of sp³-hybridized carbons (Fsp3) is 0.314. The minimum absolute atomic E-state index is 0.250. The zero-order chi connectivity index (χ0) is 30.2. The van der Waals surface area contributed by atoms with Crippen LogP contribution in [0.3, 0.4) is 0 Å². The number of nitrogens with zero attached hydrogens (tertiary/aromatic N) is 3. The maximum absolute atomic E-state index is 13.7. The molecule has 0 bridgehead atoms. The van der Waals surface area contributed by atoms with Gasteiger partial charge in [0, 0.05) is 35.7 Å². The Balaban J connectivity index is 1.37. The Morgan fingerprint density at radius 1 is 0.860 bits per heavy atom. The second kappa shape index (κ2) is 14.3. The number of anilines is 3. The Kier molecular flexibility index (Phi) is 10.1. The van der Waals surface area contributed by atoms with Crippen LogP contribution in [0.25, 0.3) is 11.3 Å². The average Bonchev–Trinajstić information content (AvgIpc) is 3.03. The van der Waals surface area contributed by atoms with Crippen LogP contribution in [0.15, 0.2) is 73.1 Å². The Bertz CT molecular complexity index is 1580. The molecule has 3 aromatic carbocycles. The molecule has 0 radical (unpaired) electrons. The molecule has 8 heteroatoms. The lowest BCUT2D eigenvalue weighted by molar-refractivity contribution is 0.102. The van der Waals surface area contributed by atoms with E-state index in [-0.39, 0.29) is 11.8 Å². The van der Waals surface area contributed by atoms with Gasteiger partial charge < -0.3 is 15.5 Å². The summed E-state index contributed by atoms with van der Waals surface area (Å²) in [5, 5.41) is 5.89. The van der Waals surface area contributed by atoms with Crippen molar-refractivity contribution < 1.29 is 9.59 Å². The van der Waals surface area contributed by atoms with E-state index in [1.54, 1.807) is 18.5 Å². The predicted molar refractivity (Wildman–Crippen MR) is 178 cm³/mol. The largest absolute Gasteiger partial charge is 0.372 e. The van der Waals surface area contributed by atoms with Gasteiger partial charge in [-0.05, 0) is 98.4 Å². The molecule has 2 heterocycles. The van der Waals surface area contributed by atoms with E-state index in [4.69, 9.17) is 0 Å². The third kappa shape index (κ3) is 7.82. The summed E-state index contributed by atoms with van der Waals surface area (Å²) in [6.07, 6.45) is 7.80. The summed E-state index contributed by atoms with van der Waals surface area (Å²) >= 11 is 1.85. The third-order valence-electron chi connectivity index (χ3n) is 7.72. The standard InChI is InChI=1S/C35H39N5O2S/c1-4-17-43-23-26-9-8-10-28(19-26)34(41)38-31-14-13-29(40-15-6-5-7-16-40)20-30(31)35(42)39-33-22-36-32(21-37-33)27-12-11-24(2)25(3)18-27/h8-14,18-22H,4-7,15-17,23H2,1-3H3,(H,38,41)(H,37,39,42). The van der Waals surface area contributed by atoms with Crippen LogP contribution >= 0.6 is 11.8 Å². The topological polar surface area (TPSA) is 87.2 Å². The lowest BCUT2D eigenvalue weighted by atomic mass is 10.0. The third-order valence-corrected chi connectivity index (χ3v) is 8.95. The van der Waals surface area contributed by atoms with Crippen molar-refractivity contribution >= 4 is 40.8 Å². The number of hydrogen-bond donors (Lipinski definition) is 2. The highest BCUT2D eigenvalue weighted by molar-refractivity contribution is 7.98. The van der Waals surface area contributed by atoms with Crippen molar-refractivity contribution in [2.24, 2.45) is 0 Å². The molecule has 2 N–H and O–H groups in total. The number of nitrogens with one attached hydrogen (secondary N) is 2. The van der Waals surface area contributed by atoms with Gasteiger partial charge in [0.05, 0.1) is 29.3 Å². The predicted octanol–water partition coefficient (Wildman–Crippen LogP) is 7.90. The van der Waals surface area contributed by atoms with Crippen molar-refractivity contribution in [1.82, 2.24) is 9.97 Å². The fourth-order valence-electron chi connectivity index (χ4n) is 5.14. The number of thioether (sulfide) groups is 1. The molecule has 7 nitrogen and oxygen atoms in total. The summed E-state index contributed by atoms with van der Waals surface area (Å²) in [5.41, 5.74) is 7.57. The first-order chi connectivity index (χ1) is 20.9. The van der Waals surface area contributed by atoms with E-state index in [0.717, 1.165) is 66.4 Å². The summed E-state index contributed by atoms with van der Waals surface area (Å²) in [4.78, 5) is 38.3.